The maximum absolute atomic E-state index is 13.6. The highest BCUT2D eigenvalue weighted by Gasteiger charge is 2.11. The van der Waals surface area contributed by atoms with E-state index in [1.165, 1.54) is 6.07 Å². The smallest absolute Gasteiger partial charge is 0.127 e. The normalized spacial score (nSPS) is 12.4. The Bertz CT molecular complexity index is 537. The van der Waals surface area contributed by atoms with Crippen LogP contribution in [0.25, 0.3) is 0 Å². The zero-order chi connectivity index (χ0) is 13.1. The number of rotatable bonds is 3. The van der Waals surface area contributed by atoms with Gasteiger partial charge in [-0.3, -0.25) is 0 Å². The van der Waals surface area contributed by atoms with Crippen molar-refractivity contribution >= 4 is 11.6 Å². The molecule has 0 aliphatic carbocycles. The lowest BCUT2D eigenvalue weighted by Crippen LogP contribution is -2.03. The Kier molecular flexibility index (Phi) is 4.00. The number of halogens is 2. The average molecular weight is 265 g/mol. The van der Waals surface area contributed by atoms with Crippen LogP contribution in [0.5, 0.6) is 0 Å². The van der Waals surface area contributed by atoms with Gasteiger partial charge >= 0.3 is 0 Å². The molecule has 94 valence electrons. The summed E-state index contributed by atoms with van der Waals surface area (Å²) in [4.78, 5) is 0. The fraction of sp³-hybridized carbons (Fsp3) is 0.200. The minimum atomic E-state index is -0.707. The van der Waals surface area contributed by atoms with Gasteiger partial charge < -0.3 is 5.11 Å². The van der Waals surface area contributed by atoms with Crippen LogP contribution in [0.3, 0.4) is 0 Å². The zero-order valence-electron chi connectivity index (χ0n) is 10.0. The highest BCUT2D eigenvalue weighted by molar-refractivity contribution is 6.30. The molecule has 0 fully saturated rings. The standard InChI is InChI=1S/C15H14ClFO/c1-10-2-4-11(5-3-10)15(18)8-12-6-7-13(16)9-14(12)17/h2-7,9,15,18H,8H2,1H3. The Labute approximate surface area is 111 Å². The van der Waals surface area contributed by atoms with Crippen molar-refractivity contribution in [2.24, 2.45) is 0 Å². The fourth-order valence-corrected chi connectivity index (χ4v) is 1.96. The first-order valence-electron chi connectivity index (χ1n) is 5.75. The summed E-state index contributed by atoms with van der Waals surface area (Å²) in [5.41, 5.74) is 2.38. The van der Waals surface area contributed by atoms with Crippen molar-refractivity contribution in [1.82, 2.24) is 0 Å². The molecule has 3 heteroatoms. The summed E-state index contributed by atoms with van der Waals surface area (Å²) in [6.07, 6.45) is -0.465. The second-order valence-corrected chi connectivity index (χ2v) is 4.80. The average Bonchev–Trinajstić information content (AvgIpc) is 2.33. The highest BCUT2D eigenvalue weighted by Crippen LogP contribution is 2.22. The molecule has 2 rings (SSSR count). The lowest BCUT2D eigenvalue weighted by atomic mass is 10.0. The summed E-state index contributed by atoms with van der Waals surface area (Å²) < 4.78 is 13.6. The van der Waals surface area contributed by atoms with Crippen LogP contribution in [0.15, 0.2) is 42.5 Å². The molecule has 0 saturated carbocycles. The van der Waals surface area contributed by atoms with Gasteiger partial charge in [0.1, 0.15) is 5.82 Å². The number of hydrogen-bond donors (Lipinski definition) is 1. The number of aliphatic hydroxyl groups excluding tert-OH is 1. The van der Waals surface area contributed by atoms with E-state index in [9.17, 15) is 9.50 Å². The summed E-state index contributed by atoms with van der Waals surface area (Å²) in [7, 11) is 0. The molecule has 2 aromatic rings. The van der Waals surface area contributed by atoms with E-state index in [0.717, 1.165) is 11.1 Å². The molecular weight excluding hydrogens is 251 g/mol. The topological polar surface area (TPSA) is 20.2 Å². The molecule has 0 aliphatic rings. The van der Waals surface area contributed by atoms with Gasteiger partial charge in [0.25, 0.3) is 0 Å². The molecule has 0 saturated heterocycles. The quantitative estimate of drug-likeness (QED) is 0.886. The molecule has 2 aromatic carbocycles. The number of aliphatic hydroxyl groups is 1. The molecule has 1 unspecified atom stereocenters. The van der Waals surface area contributed by atoms with Crippen molar-refractivity contribution in [3.8, 4) is 0 Å². The summed E-state index contributed by atoms with van der Waals surface area (Å²) in [5, 5.41) is 10.4. The van der Waals surface area contributed by atoms with E-state index in [4.69, 9.17) is 11.6 Å². The minimum Gasteiger partial charge on any atom is -0.388 e. The second kappa shape index (κ2) is 5.51. The van der Waals surface area contributed by atoms with Gasteiger partial charge in [-0.25, -0.2) is 4.39 Å². The number of aryl methyl sites for hydroxylation is 1. The van der Waals surface area contributed by atoms with Crippen LogP contribution in [0.2, 0.25) is 5.02 Å². The molecule has 1 N–H and O–H groups in total. The Morgan fingerprint density at radius 2 is 1.83 bits per heavy atom. The maximum atomic E-state index is 13.6. The fourth-order valence-electron chi connectivity index (χ4n) is 1.80. The number of hydrogen-bond acceptors (Lipinski definition) is 1. The SMILES string of the molecule is Cc1ccc(C(O)Cc2ccc(Cl)cc2F)cc1. The van der Waals surface area contributed by atoms with Crippen molar-refractivity contribution < 1.29 is 9.50 Å². The molecule has 1 nitrogen and oxygen atoms in total. The molecule has 0 aliphatic heterocycles. The number of benzene rings is 2. The first-order chi connectivity index (χ1) is 8.56. The van der Waals surface area contributed by atoms with E-state index < -0.39 is 6.10 Å². The lowest BCUT2D eigenvalue weighted by molar-refractivity contribution is 0.177. The van der Waals surface area contributed by atoms with Crippen molar-refractivity contribution in [2.75, 3.05) is 0 Å². The maximum Gasteiger partial charge on any atom is 0.127 e. The molecule has 0 aromatic heterocycles. The van der Waals surface area contributed by atoms with E-state index in [2.05, 4.69) is 0 Å². The molecule has 0 radical (unpaired) electrons. The van der Waals surface area contributed by atoms with Gasteiger partial charge in [-0.1, -0.05) is 47.5 Å². The monoisotopic (exact) mass is 264 g/mol. The van der Waals surface area contributed by atoms with Gasteiger partial charge in [-0.2, -0.15) is 0 Å². The molecule has 0 bridgehead atoms. The van der Waals surface area contributed by atoms with Crippen LogP contribution in [-0.4, -0.2) is 5.11 Å². The zero-order valence-corrected chi connectivity index (χ0v) is 10.8. The summed E-state index contributed by atoms with van der Waals surface area (Å²) in [6, 6.07) is 12.1. The van der Waals surface area contributed by atoms with Gasteiger partial charge in [0.2, 0.25) is 0 Å². The van der Waals surface area contributed by atoms with Crippen molar-refractivity contribution in [2.45, 2.75) is 19.4 Å². The van der Waals surface area contributed by atoms with Crippen LogP contribution < -0.4 is 0 Å². The van der Waals surface area contributed by atoms with Gasteiger partial charge in [0.15, 0.2) is 0 Å². The molecule has 0 heterocycles. The van der Waals surface area contributed by atoms with Gasteiger partial charge in [-0.15, -0.1) is 0 Å². The van der Waals surface area contributed by atoms with Crippen LogP contribution in [0, 0.1) is 12.7 Å². The van der Waals surface area contributed by atoms with Crippen molar-refractivity contribution in [3.63, 3.8) is 0 Å². The van der Waals surface area contributed by atoms with E-state index in [1.807, 2.05) is 31.2 Å². The highest BCUT2D eigenvalue weighted by atomic mass is 35.5. The minimum absolute atomic E-state index is 0.242. The van der Waals surface area contributed by atoms with Gasteiger partial charge in [0, 0.05) is 11.4 Å². The Hall–Kier alpha value is -1.38. The molecule has 1 atom stereocenters. The predicted octanol–water partition coefficient (Wildman–Crippen LogP) is 4.06. The second-order valence-electron chi connectivity index (χ2n) is 4.37. The lowest BCUT2D eigenvalue weighted by Gasteiger charge is -2.12. The third-order valence-corrected chi connectivity index (χ3v) is 3.13. The van der Waals surface area contributed by atoms with Gasteiger partial charge in [0.05, 0.1) is 6.10 Å². The largest absolute Gasteiger partial charge is 0.388 e. The first-order valence-corrected chi connectivity index (χ1v) is 6.12. The van der Waals surface area contributed by atoms with Crippen molar-refractivity contribution in [1.29, 1.82) is 0 Å². The van der Waals surface area contributed by atoms with Crippen LogP contribution >= 0.6 is 11.6 Å². The predicted molar refractivity (Wildman–Crippen MR) is 71.3 cm³/mol. The Morgan fingerprint density at radius 3 is 2.44 bits per heavy atom. The van der Waals surface area contributed by atoms with Gasteiger partial charge in [-0.05, 0) is 30.2 Å². The van der Waals surface area contributed by atoms with Crippen LogP contribution in [-0.2, 0) is 6.42 Å². The Morgan fingerprint density at radius 1 is 1.17 bits per heavy atom. The molecular formula is C15H14ClFO. The Balaban J connectivity index is 2.15. The van der Waals surface area contributed by atoms with E-state index >= 15 is 0 Å². The summed E-state index contributed by atoms with van der Waals surface area (Å²) >= 11 is 5.69. The van der Waals surface area contributed by atoms with Crippen LogP contribution in [0.1, 0.15) is 22.8 Å². The summed E-state index contributed by atoms with van der Waals surface area (Å²) in [5.74, 6) is -0.381. The molecule has 0 spiro atoms. The first kappa shape index (κ1) is 13.1. The third kappa shape index (κ3) is 3.09. The summed E-state index contributed by atoms with van der Waals surface area (Å²) in [6.45, 7) is 1.98. The van der Waals surface area contributed by atoms with E-state index in [1.54, 1.807) is 12.1 Å². The van der Waals surface area contributed by atoms with E-state index in [-0.39, 0.29) is 12.2 Å². The van der Waals surface area contributed by atoms with Crippen molar-refractivity contribution in [3.05, 3.63) is 70.0 Å². The molecule has 0 amide bonds. The molecule has 18 heavy (non-hydrogen) atoms. The van der Waals surface area contributed by atoms with Crippen LogP contribution in [0.4, 0.5) is 4.39 Å². The van der Waals surface area contributed by atoms with E-state index in [0.29, 0.717) is 10.6 Å². The third-order valence-electron chi connectivity index (χ3n) is 2.89.